The fourth-order valence-corrected chi connectivity index (χ4v) is 9.44. The molecule has 2 aromatic heterocycles. The zero-order valence-corrected chi connectivity index (χ0v) is 32.4. The van der Waals surface area contributed by atoms with Crippen molar-refractivity contribution < 1.29 is 55.4 Å². The van der Waals surface area contributed by atoms with Gasteiger partial charge in [0.1, 0.15) is 17.2 Å². The van der Waals surface area contributed by atoms with E-state index in [9.17, 15) is 46.9 Å². The van der Waals surface area contributed by atoms with Crippen LogP contribution in [0, 0.1) is 33.0 Å². The molecule has 4 fully saturated rings. The third-order valence-electron chi connectivity index (χ3n) is 8.50. The molecule has 2 aromatic carbocycles. The lowest BCUT2D eigenvalue weighted by Gasteiger charge is -2.19. The summed E-state index contributed by atoms with van der Waals surface area (Å²) in [4.78, 5) is 27.7. The number of benzene rings is 2. The molecule has 0 aliphatic carbocycles. The quantitative estimate of drug-likeness (QED) is 0.0440. The van der Waals surface area contributed by atoms with Crippen molar-refractivity contribution in [3.05, 3.63) is 122 Å². The summed E-state index contributed by atoms with van der Waals surface area (Å²) in [7, 11) is -5.88. The van der Waals surface area contributed by atoms with E-state index in [-0.39, 0.29) is 30.4 Å². The average Bonchev–Trinajstić information content (AvgIpc) is 4.00. The highest BCUT2D eigenvalue weighted by Gasteiger charge is 2.50. The van der Waals surface area contributed by atoms with Crippen molar-refractivity contribution in [3.8, 4) is 17.2 Å². The topological polar surface area (TPSA) is 206 Å². The molecule has 310 valence electrons. The highest BCUT2D eigenvalue weighted by molar-refractivity contribution is 7.54. The van der Waals surface area contributed by atoms with Crippen molar-refractivity contribution in [2.45, 2.75) is 26.3 Å². The van der Waals surface area contributed by atoms with Gasteiger partial charge < -0.3 is 18.9 Å². The van der Waals surface area contributed by atoms with Crippen LogP contribution < -0.4 is 4.74 Å². The molecule has 4 aliphatic rings. The SMILES string of the molecule is Cc1ccc(Oc2cc(COP(=O)(N3CC3)N3CC3)ccc2[N+](=O)[O-])cn1.O=[N+]([O-])c1ccc(COP(=O)(N2CC2)N2CC2)cc1F.Oc1ccc(C(F)(F)F)nc1. The van der Waals surface area contributed by atoms with Gasteiger partial charge in [0.2, 0.25) is 11.6 Å². The zero-order valence-electron chi connectivity index (χ0n) is 30.6. The van der Waals surface area contributed by atoms with Gasteiger partial charge in [0.25, 0.3) is 0 Å². The maximum absolute atomic E-state index is 13.5. The maximum Gasteiger partial charge on any atom is 0.433 e. The van der Waals surface area contributed by atoms with E-state index in [1.807, 2.05) is 16.3 Å². The highest BCUT2D eigenvalue weighted by Crippen LogP contribution is 2.62. The van der Waals surface area contributed by atoms with Gasteiger partial charge in [-0.2, -0.15) is 17.6 Å². The van der Waals surface area contributed by atoms with Gasteiger partial charge in [0.05, 0.1) is 35.5 Å². The molecule has 6 heterocycles. The van der Waals surface area contributed by atoms with Crippen LogP contribution in [0.3, 0.4) is 0 Å². The zero-order chi connectivity index (χ0) is 41.8. The first-order chi connectivity index (χ1) is 27.5. The second-order valence-electron chi connectivity index (χ2n) is 13.1. The Morgan fingerprint density at radius 3 is 1.62 bits per heavy atom. The normalized spacial score (nSPS) is 16.6. The number of ether oxygens (including phenoxy) is 1. The second-order valence-corrected chi connectivity index (χ2v) is 17.8. The van der Waals surface area contributed by atoms with E-state index in [4.69, 9.17) is 18.9 Å². The van der Waals surface area contributed by atoms with E-state index in [0.29, 0.717) is 16.9 Å². The molecule has 1 N–H and O–H groups in total. The lowest BCUT2D eigenvalue weighted by atomic mass is 10.2. The number of rotatable bonds is 14. The fraction of sp³-hybridized carbons (Fsp3) is 0.353. The maximum atomic E-state index is 13.5. The van der Waals surface area contributed by atoms with Crippen molar-refractivity contribution in [1.29, 1.82) is 0 Å². The van der Waals surface area contributed by atoms with E-state index in [1.54, 1.807) is 33.6 Å². The van der Waals surface area contributed by atoms with Crippen molar-refractivity contribution in [1.82, 2.24) is 28.6 Å². The molecule has 18 nitrogen and oxygen atoms in total. The van der Waals surface area contributed by atoms with E-state index < -0.39 is 48.6 Å². The van der Waals surface area contributed by atoms with Gasteiger partial charge in [-0.05, 0) is 66.6 Å². The van der Waals surface area contributed by atoms with Crippen LogP contribution in [0.2, 0.25) is 0 Å². The minimum absolute atomic E-state index is 0.0286. The minimum atomic E-state index is -4.44. The number of nitro groups is 2. The summed E-state index contributed by atoms with van der Waals surface area (Å²) in [5, 5.41) is 30.4. The molecule has 0 saturated carbocycles. The Kier molecular flexibility index (Phi) is 12.9. The summed E-state index contributed by atoms with van der Waals surface area (Å²) in [5.74, 6) is -0.692. The number of hydrogen-bond acceptors (Lipinski definition) is 12. The van der Waals surface area contributed by atoms with Crippen LogP contribution in [-0.2, 0) is 37.6 Å². The average molecular weight is 855 g/mol. The Balaban J connectivity index is 0.000000160. The largest absolute Gasteiger partial charge is 0.506 e. The van der Waals surface area contributed by atoms with Gasteiger partial charge in [0.15, 0.2) is 0 Å². The Bertz CT molecular complexity index is 2190. The molecular weight excluding hydrogens is 818 g/mol. The first-order valence-electron chi connectivity index (χ1n) is 17.5. The molecule has 0 bridgehead atoms. The predicted molar refractivity (Wildman–Crippen MR) is 197 cm³/mol. The lowest BCUT2D eigenvalue weighted by Crippen LogP contribution is -2.08. The van der Waals surface area contributed by atoms with E-state index in [0.717, 1.165) is 88.5 Å². The predicted octanol–water partition coefficient (Wildman–Crippen LogP) is 7.14. The van der Waals surface area contributed by atoms with Crippen LogP contribution in [0.15, 0.2) is 73.1 Å². The highest BCUT2D eigenvalue weighted by atomic mass is 31.2. The Labute approximate surface area is 328 Å². The molecule has 4 aromatic rings. The number of alkyl halides is 3. The summed E-state index contributed by atoms with van der Waals surface area (Å²) < 4.78 is 98.4. The number of hydrogen-bond donors (Lipinski definition) is 1. The molecular formula is C34H36F4N8O10P2. The molecule has 0 atom stereocenters. The van der Waals surface area contributed by atoms with Gasteiger partial charge in [-0.25, -0.2) is 23.7 Å². The Hall–Kier alpha value is -4.92. The molecule has 0 spiro atoms. The van der Waals surface area contributed by atoms with Crippen LogP contribution in [0.4, 0.5) is 28.9 Å². The first kappa shape index (κ1) is 42.7. The smallest absolute Gasteiger partial charge is 0.433 e. The summed E-state index contributed by atoms with van der Waals surface area (Å²) in [6, 6.07) is 13.2. The Morgan fingerprint density at radius 1 is 0.724 bits per heavy atom. The lowest BCUT2D eigenvalue weighted by molar-refractivity contribution is -0.387. The van der Waals surface area contributed by atoms with Crippen LogP contribution in [0.25, 0.3) is 0 Å². The van der Waals surface area contributed by atoms with E-state index in [1.165, 1.54) is 18.3 Å². The summed E-state index contributed by atoms with van der Waals surface area (Å²) in [6.07, 6.45) is -2.17. The first-order valence-corrected chi connectivity index (χ1v) is 20.6. The third kappa shape index (κ3) is 11.2. The second kappa shape index (κ2) is 17.5. The molecule has 0 unspecified atom stereocenters. The number of aromatic nitrogens is 2. The number of nitrogens with zero attached hydrogens (tertiary/aromatic N) is 8. The number of aryl methyl sites for hydroxylation is 1. The van der Waals surface area contributed by atoms with Crippen molar-refractivity contribution in [3.63, 3.8) is 0 Å². The Morgan fingerprint density at radius 2 is 1.22 bits per heavy atom. The molecule has 4 saturated heterocycles. The summed E-state index contributed by atoms with van der Waals surface area (Å²) >= 11 is 0. The van der Waals surface area contributed by atoms with Crippen LogP contribution >= 0.6 is 15.3 Å². The van der Waals surface area contributed by atoms with Crippen molar-refractivity contribution in [2.75, 3.05) is 52.4 Å². The molecule has 24 heteroatoms. The molecule has 8 rings (SSSR count). The van der Waals surface area contributed by atoms with Gasteiger partial charge in [-0.1, -0.05) is 0 Å². The summed E-state index contributed by atoms with van der Waals surface area (Å²) in [5.41, 5.74) is 0.167. The standard InChI is InChI=1S/C17H19N4O5P.C11H13FN3O4P.C6H4F3NO/c1-13-2-4-15(11-18-13)26-17-10-14(3-5-16(17)21(22)23)12-25-27(24,19-6-7-19)20-8-9-20;12-10-7-9(1-2-11(10)15(16)17)8-19-20(18,13-3-4-13)14-5-6-14;7-6(8,9)5-2-1-4(11)3-10-5/h2-5,10-11H,6-9,12H2,1H3;1-2,7H,3-6,8H2;1-3,11H. The van der Waals surface area contributed by atoms with Crippen molar-refractivity contribution in [2.24, 2.45) is 0 Å². The summed E-state index contributed by atoms with van der Waals surface area (Å²) in [6.45, 7) is 7.92. The van der Waals surface area contributed by atoms with Gasteiger partial charge >= 0.3 is 32.9 Å². The number of halogens is 4. The third-order valence-corrected chi connectivity index (χ3v) is 13.9. The van der Waals surface area contributed by atoms with Crippen LogP contribution in [-0.4, -0.2) is 96.0 Å². The molecule has 58 heavy (non-hydrogen) atoms. The van der Waals surface area contributed by atoms with Crippen LogP contribution in [0.5, 0.6) is 17.2 Å². The molecule has 0 radical (unpaired) electrons. The monoisotopic (exact) mass is 854 g/mol. The number of aromatic hydroxyl groups is 1. The van der Waals surface area contributed by atoms with Gasteiger partial charge in [0, 0.05) is 70.2 Å². The van der Waals surface area contributed by atoms with Gasteiger partial charge in [-0.15, -0.1) is 0 Å². The molecule has 0 amide bonds. The van der Waals surface area contributed by atoms with E-state index in [2.05, 4.69) is 9.97 Å². The number of nitro benzene ring substituents is 2. The van der Waals surface area contributed by atoms with E-state index >= 15 is 0 Å². The van der Waals surface area contributed by atoms with Gasteiger partial charge in [-0.3, -0.25) is 34.3 Å². The van der Waals surface area contributed by atoms with Crippen LogP contribution in [0.1, 0.15) is 22.5 Å². The number of pyridine rings is 2. The minimum Gasteiger partial charge on any atom is -0.506 e. The molecule has 4 aliphatic heterocycles. The van der Waals surface area contributed by atoms with Crippen molar-refractivity contribution >= 4 is 26.7 Å². The fourth-order valence-electron chi connectivity index (χ4n) is 5.06.